The Bertz CT molecular complexity index is 447. The molecule has 1 heterocycles. The SMILES string of the molecule is CC(C)(O)Cn1nnc(CC#N)c1C1CCCC1. The Balaban J connectivity index is 2.31. The van der Waals surface area contributed by atoms with Gasteiger partial charge in [-0.2, -0.15) is 5.26 Å². The third kappa shape index (κ3) is 2.88. The fourth-order valence-corrected chi connectivity index (χ4v) is 2.69. The van der Waals surface area contributed by atoms with Crippen LogP contribution < -0.4 is 0 Å². The zero-order valence-electron chi connectivity index (χ0n) is 11.1. The average molecular weight is 248 g/mol. The Kier molecular flexibility index (Phi) is 3.67. The van der Waals surface area contributed by atoms with E-state index < -0.39 is 5.60 Å². The van der Waals surface area contributed by atoms with E-state index in [-0.39, 0.29) is 0 Å². The van der Waals surface area contributed by atoms with Crippen LogP contribution in [0.15, 0.2) is 0 Å². The summed E-state index contributed by atoms with van der Waals surface area (Å²) in [6.07, 6.45) is 5.03. The summed E-state index contributed by atoms with van der Waals surface area (Å²) in [7, 11) is 0. The minimum atomic E-state index is -0.815. The van der Waals surface area contributed by atoms with Gasteiger partial charge in [-0.25, -0.2) is 4.68 Å². The van der Waals surface area contributed by atoms with Crippen LogP contribution in [0.1, 0.15) is 56.8 Å². The predicted molar refractivity (Wildman–Crippen MR) is 66.8 cm³/mol. The normalized spacial score (nSPS) is 17.0. The monoisotopic (exact) mass is 248 g/mol. The number of rotatable bonds is 4. The standard InChI is InChI=1S/C13H20N4O/c1-13(2,18)9-17-12(10-5-3-4-6-10)11(7-8-14)15-16-17/h10,18H,3-7,9H2,1-2H3. The maximum Gasteiger partial charge on any atom is 0.100 e. The van der Waals surface area contributed by atoms with E-state index in [1.807, 2.05) is 0 Å². The molecule has 0 atom stereocenters. The molecule has 1 aliphatic rings. The zero-order valence-corrected chi connectivity index (χ0v) is 11.1. The van der Waals surface area contributed by atoms with Crippen LogP contribution in [0, 0.1) is 11.3 Å². The van der Waals surface area contributed by atoms with Gasteiger partial charge in [0.25, 0.3) is 0 Å². The first kappa shape index (κ1) is 13.0. The van der Waals surface area contributed by atoms with Crippen molar-refractivity contribution in [3.8, 4) is 6.07 Å². The third-order valence-corrected chi connectivity index (χ3v) is 3.37. The van der Waals surface area contributed by atoms with Gasteiger partial charge in [-0.3, -0.25) is 0 Å². The van der Waals surface area contributed by atoms with Crippen LogP contribution in [0.5, 0.6) is 0 Å². The fourth-order valence-electron chi connectivity index (χ4n) is 2.69. The molecule has 98 valence electrons. The number of nitriles is 1. The van der Waals surface area contributed by atoms with Crippen molar-refractivity contribution in [1.82, 2.24) is 15.0 Å². The molecule has 0 unspecified atom stereocenters. The van der Waals surface area contributed by atoms with E-state index in [1.165, 1.54) is 12.8 Å². The predicted octanol–water partition coefficient (Wildman–Crippen LogP) is 1.77. The van der Waals surface area contributed by atoms with Gasteiger partial charge < -0.3 is 5.11 Å². The van der Waals surface area contributed by atoms with Gasteiger partial charge >= 0.3 is 0 Å². The molecule has 1 N–H and O–H groups in total. The van der Waals surface area contributed by atoms with Gasteiger partial charge in [0.1, 0.15) is 5.69 Å². The highest BCUT2D eigenvalue weighted by atomic mass is 16.3. The summed E-state index contributed by atoms with van der Waals surface area (Å²) in [5, 5.41) is 27.0. The van der Waals surface area contributed by atoms with Crippen molar-refractivity contribution in [3.63, 3.8) is 0 Å². The highest BCUT2D eigenvalue weighted by Crippen LogP contribution is 2.35. The summed E-state index contributed by atoms with van der Waals surface area (Å²) >= 11 is 0. The Morgan fingerprint density at radius 3 is 2.67 bits per heavy atom. The van der Waals surface area contributed by atoms with E-state index in [2.05, 4.69) is 16.4 Å². The first-order valence-electron chi connectivity index (χ1n) is 6.53. The lowest BCUT2D eigenvalue weighted by molar-refractivity contribution is 0.0558. The van der Waals surface area contributed by atoms with Crippen LogP contribution in [-0.2, 0) is 13.0 Å². The van der Waals surface area contributed by atoms with E-state index >= 15 is 0 Å². The van der Waals surface area contributed by atoms with E-state index in [9.17, 15) is 5.11 Å². The lowest BCUT2D eigenvalue weighted by Gasteiger charge is -2.20. The van der Waals surface area contributed by atoms with Gasteiger partial charge in [0.05, 0.1) is 30.3 Å². The Morgan fingerprint density at radius 2 is 2.11 bits per heavy atom. The third-order valence-electron chi connectivity index (χ3n) is 3.37. The van der Waals surface area contributed by atoms with E-state index in [4.69, 9.17) is 5.26 Å². The Labute approximate surface area is 107 Å². The van der Waals surface area contributed by atoms with Crippen LogP contribution >= 0.6 is 0 Å². The van der Waals surface area contributed by atoms with Crippen molar-refractivity contribution in [2.24, 2.45) is 0 Å². The van der Waals surface area contributed by atoms with Crippen LogP contribution in [0.2, 0.25) is 0 Å². The summed E-state index contributed by atoms with van der Waals surface area (Å²) in [6, 6.07) is 2.15. The van der Waals surface area contributed by atoms with E-state index in [0.29, 0.717) is 18.9 Å². The van der Waals surface area contributed by atoms with Crippen molar-refractivity contribution in [3.05, 3.63) is 11.4 Å². The van der Waals surface area contributed by atoms with Crippen LogP contribution in [0.3, 0.4) is 0 Å². The van der Waals surface area contributed by atoms with Gasteiger partial charge in [0.15, 0.2) is 0 Å². The molecule has 5 heteroatoms. The molecule has 1 fully saturated rings. The van der Waals surface area contributed by atoms with Crippen molar-refractivity contribution in [2.75, 3.05) is 0 Å². The Hall–Kier alpha value is -1.41. The molecule has 18 heavy (non-hydrogen) atoms. The number of hydrogen-bond donors (Lipinski definition) is 1. The molecule has 1 aromatic rings. The lowest BCUT2D eigenvalue weighted by Crippen LogP contribution is -2.28. The topological polar surface area (TPSA) is 74.7 Å². The molecule has 0 saturated heterocycles. The number of aromatic nitrogens is 3. The second-order valence-corrected chi connectivity index (χ2v) is 5.71. The van der Waals surface area contributed by atoms with Gasteiger partial charge in [0, 0.05) is 5.92 Å². The average Bonchev–Trinajstić information content (AvgIpc) is 2.86. The van der Waals surface area contributed by atoms with Crippen molar-refractivity contribution in [1.29, 1.82) is 5.26 Å². The first-order valence-corrected chi connectivity index (χ1v) is 6.53. The van der Waals surface area contributed by atoms with Crippen LogP contribution in [0.4, 0.5) is 0 Å². The molecule has 0 radical (unpaired) electrons. The molecule has 1 aliphatic carbocycles. The quantitative estimate of drug-likeness (QED) is 0.881. The number of nitrogens with zero attached hydrogens (tertiary/aromatic N) is 4. The van der Waals surface area contributed by atoms with Gasteiger partial charge in [-0.15, -0.1) is 5.10 Å². The van der Waals surface area contributed by atoms with Crippen molar-refractivity contribution in [2.45, 2.75) is 64.0 Å². The fraction of sp³-hybridized carbons (Fsp3) is 0.769. The van der Waals surface area contributed by atoms with Crippen molar-refractivity contribution < 1.29 is 5.11 Å². The van der Waals surface area contributed by atoms with Gasteiger partial charge in [0.2, 0.25) is 0 Å². The highest BCUT2D eigenvalue weighted by molar-refractivity contribution is 5.20. The number of hydrogen-bond acceptors (Lipinski definition) is 4. The summed E-state index contributed by atoms with van der Waals surface area (Å²) < 4.78 is 1.79. The lowest BCUT2D eigenvalue weighted by atomic mass is 10.00. The van der Waals surface area contributed by atoms with Crippen LogP contribution in [0.25, 0.3) is 0 Å². The molecule has 1 saturated carbocycles. The zero-order chi connectivity index (χ0) is 13.2. The highest BCUT2D eigenvalue weighted by Gasteiger charge is 2.27. The molecular formula is C13H20N4O. The van der Waals surface area contributed by atoms with Crippen molar-refractivity contribution >= 4 is 0 Å². The minimum Gasteiger partial charge on any atom is -0.389 e. The summed E-state index contributed by atoms with van der Waals surface area (Å²) in [5.41, 5.74) is 1.04. The Morgan fingerprint density at radius 1 is 1.44 bits per heavy atom. The second-order valence-electron chi connectivity index (χ2n) is 5.71. The van der Waals surface area contributed by atoms with E-state index in [1.54, 1.807) is 18.5 Å². The van der Waals surface area contributed by atoms with Crippen LogP contribution in [-0.4, -0.2) is 25.7 Å². The molecule has 1 aromatic heterocycles. The molecule has 2 rings (SSSR count). The second kappa shape index (κ2) is 5.07. The molecular weight excluding hydrogens is 228 g/mol. The first-order chi connectivity index (χ1) is 8.51. The van der Waals surface area contributed by atoms with E-state index in [0.717, 1.165) is 24.2 Å². The van der Waals surface area contributed by atoms with Gasteiger partial charge in [-0.1, -0.05) is 18.1 Å². The smallest absolute Gasteiger partial charge is 0.100 e. The largest absolute Gasteiger partial charge is 0.389 e. The molecule has 0 bridgehead atoms. The molecule has 5 nitrogen and oxygen atoms in total. The van der Waals surface area contributed by atoms with Gasteiger partial charge in [-0.05, 0) is 26.7 Å². The maximum atomic E-state index is 9.92. The molecule has 0 aromatic carbocycles. The minimum absolute atomic E-state index is 0.303. The number of aliphatic hydroxyl groups is 1. The summed E-state index contributed by atoms with van der Waals surface area (Å²) in [4.78, 5) is 0. The molecule has 0 spiro atoms. The molecule has 0 aliphatic heterocycles. The summed E-state index contributed by atoms with van der Waals surface area (Å²) in [6.45, 7) is 3.95. The maximum absolute atomic E-state index is 9.92. The summed E-state index contributed by atoms with van der Waals surface area (Å²) in [5.74, 6) is 0.450. The molecule has 0 amide bonds.